The number of fused-ring (bicyclic) bond motifs is 6. The van der Waals surface area contributed by atoms with Crippen molar-refractivity contribution in [2.75, 3.05) is 0 Å². The van der Waals surface area contributed by atoms with Crippen LogP contribution in [0.3, 0.4) is 0 Å². The van der Waals surface area contributed by atoms with E-state index in [1.807, 2.05) is 74.5 Å². The number of halogens is 6. The first kappa shape index (κ1) is 33.2. The van der Waals surface area contributed by atoms with E-state index in [1.165, 1.54) is 16.7 Å². The summed E-state index contributed by atoms with van der Waals surface area (Å²) in [5, 5.41) is 2.91. The van der Waals surface area contributed by atoms with Crippen LogP contribution in [-0.4, -0.2) is 9.13 Å². The fraction of sp³-hybridized carbons (Fsp3) is 0.140. The average Bonchev–Trinajstić information content (AvgIpc) is 3.63. The van der Waals surface area contributed by atoms with Gasteiger partial charge in [-0.25, -0.2) is 4.85 Å². The molecule has 0 amide bonds. The third kappa shape index (κ3) is 4.81. The molecule has 0 saturated heterocycles. The molecule has 0 aliphatic heterocycles. The van der Waals surface area contributed by atoms with Crippen molar-refractivity contribution in [2.24, 2.45) is 0 Å². The Morgan fingerprint density at radius 1 is 0.481 bits per heavy atom. The highest BCUT2D eigenvalue weighted by Gasteiger charge is 2.40. The van der Waals surface area contributed by atoms with Gasteiger partial charge in [-0.15, -0.1) is 0 Å². The number of nitrogens with zero attached hydrogens (tertiary/aromatic N) is 3. The van der Waals surface area contributed by atoms with E-state index in [1.54, 1.807) is 30.5 Å². The van der Waals surface area contributed by atoms with Gasteiger partial charge in [-0.2, -0.15) is 26.3 Å². The van der Waals surface area contributed by atoms with Crippen molar-refractivity contribution in [3.8, 4) is 22.5 Å². The van der Waals surface area contributed by atoms with Gasteiger partial charge in [0.15, 0.2) is 5.69 Å². The van der Waals surface area contributed by atoms with Gasteiger partial charge in [-0.3, -0.25) is 0 Å². The number of para-hydroxylation sites is 4. The average molecular weight is 702 g/mol. The summed E-state index contributed by atoms with van der Waals surface area (Å²) in [6.07, 6.45) is -9.87. The number of alkyl halides is 6. The highest BCUT2D eigenvalue weighted by Crippen LogP contribution is 2.50. The standard InChI is InChI=1S/C43H29F6N3/c1-23-11-6-15-27-28-16-7-12-24(2)39(28)51(38(23)27)35-22-33(43(47,48)49)36(21-31(35)37-32(42(44,45)46)19-10-20-34(37)50-5)52-40-25(3)13-8-17-29(40)30-18-9-14-26(4)41(30)52/h6-22H,1-4H3. The molecule has 0 fully saturated rings. The zero-order valence-electron chi connectivity index (χ0n) is 28.4. The lowest BCUT2D eigenvalue weighted by Gasteiger charge is -2.25. The quantitative estimate of drug-likeness (QED) is 0.129. The molecule has 2 heterocycles. The predicted octanol–water partition coefficient (Wildman–Crippen LogP) is 13.4. The lowest BCUT2D eigenvalue weighted by Crippen LogP contribution is -2.15. The van der Waals surface area contributed by atoms with Crippen molar-refractivity contribution >= 4 is 49.3 Å². The molecule has 6 aromatic carbocycles. The molecule has 0 aliphatic rings. The highest BCUT2D eigenvalue weighted by molar-refractivity contribution is 6.13. The maximum Gasteiger partial charge on any atom is 0.418 e. The zero-order valence-corrected chi connectivity index (χ0v) is 28.4. The molecule has 0 atom stereocenters. The number of hydrogen-bond acceptors (Lipinski definition) is 0. The number of rotatable bonds is 3. The highest BCUT2D eigenvalue weighted by atomic mass is 19.4. The van der Waals surface area contributed by atoms with Crippen LogP contribution in [0.5, 0.6) is 0 Å². The van der Waals surface area contributed by atoms with Crippen molar-refractivity contribution in [3.05, 3.63) is 148 Å². The Morgan fingerprint density at radius 3 is 1.25 bits per heavy atom. The molecule has 2 aromatic heterocycles. The summed E-state index contributed by atoms with van der Waals surface area (Å²) in [5.74, 6) is 0. The fourth-order valence-corrected chi connectivity index (χ4v) is 7.92. The maximum atomic E-state index is 15.7. The number of aryl methyl sites for hydroxylation is 4. The summed E-state index contributed by atoms with van der Waals surface area (Å²) in [4.78, 5) is 3.51. The SMILES string of the molecule is [C-]#[N+]c1cccc(C(F)(F)F)c1-c1cc(-n2c3c(C)cccc3c3cccc(C)c32)c(C(F)(F)F)cc1-n1c2c(C)cccc2c2cccc(C)c21. The molecule has 0 spiro atoms. The topological polar surface area (TPSA) is 14.2 Å². The van der Waals surface area contributed by atoms with Crippen LogP contribution in [-0.2, 0) is 12.4 Å². The minimum Gasteiger partial charge on any atom is -0.308 e. The molecule has 8 aromatic rings. The molecular formula is C43H29F6N3. The molecule has 258 valence electrons. The molecule has 9 heteroatoms. The lowest BCUT2D eigenvalue weighted by molar-refractivity contribution is -0.138. The molecule has 0 saturated carbocycles. The smallest absolute Gasteiger partial charge is 0.308 e. The zero-order chi connectivity index (χ0) is 36.9. The molecule has 0 bridgehead atoms. The summed E-state index contributed by atoms with van der Waals surface area (Å²) < 4.78 is 95.5. The summed E-state index contributed by atoms with van der Waals surface area (Å²) in [6, 6.07) is 27.5. The van der Waals surface area contributed by atoms with Crippen molar-refractivity contribution in [3.63, 3.8) is 0 Å². The molecule has 0 N–H and O–H groups in total. The molecule has 8 rings (SSSR count). The van der Waals surface area contributed by atoms with E-state index in [0.717, 1.165) is 40.1 Å². The van der Waals surface area contributed by atoms with Crippen molar-refractivity contribution in [1.29, 1.82) is 0 Å². The first-order chi connectivity index (χ1) is 24.7. The lowest BCUT2D eigenvalue weighted by atomic mass is 9.93. The van der Waals surface area contributed by atoms with Crippen LogP contribution >= 0.6 is 0 Å². The van der Waals surface area contributed by atoms with E-state index in [-0.39, 0.29) is 22.6 Å². The van der Waals surface area contributed by atoms with E-state index in [2.05, 4.69) is 4.85 Å². The van der Waals surface area contributed by atoms with Gasteiger partial charge in [0.1, 0.15) is 0 Å². The first-order valence-electron chi connectivity index (χ1n) is 16.5. The van der Waals surface area contributed by atoms with E-state index in [4.69, 9.17) is 6.57 Å². The summed E-state index contributed by atoms with van der Waals surface area (Å²) >= 11 is 0. The van der Waals surface area contributed by atoms with E-state index in [9.17, 15) is 0 Å². The van der Waals surface area contributed by atoms with E-state index >= 15 is 26.3 Å². The summed E-state index contributed by atoms with van der Waals surface area (Å²) in [6.45, 7) is 15.2. The normalized spacial score (nSPS) is 12.4. The number of hydrogen-bond donors (Lipinski definition) is 0. The second-order valence-electron chi connectivity index (χ2n) is 13.2. The van der Waals surface area contributed by atoms with Gasteiger partial charge >= 0.3 is 12.4 Å². The molecule has 52 heavy (non-hydrogen) atoms. The maximum absolute atomic E-state index is 15.7. The molecule has 0 radical (unpaired) electrons. The number of benzene rings is 6. The van der Waals surface area contributed by atoms with Gasteiger partial charge in [-0.05, 0) is 67.6 Å². The van der Waals surface area contributed by atoms with E-state index in [0.29, 0.717) is 44.0 Å². The van der Waals surface area contributed by atoms with Gasteiger partial charge in [0.25, 0.3) is 0 Å². The van der Waals surface area contributed by atoms with Crippen molar-refractivity contribution in [1.82, 2.24) is 9.13 Å². The first-order valence-corrected chi connectivity index (χ1v) is 16.5. The third-order valence-electron chi connectivity index (χ3n) is 10.1. The Bertz CT molecular complexity index is 2710. The third-order valence-corrected chi connectivity index (χ3v) is 10.1. The molecule has 0 unspecified atom stereocenters. The largest absolute Gasteiger partial charge is 0.418 e. The Hall–Kier alpha value is -6.01. The van der Waals surface area contributed by atoms with Crippen LogP contribution in [0.15, 0.2) is 103 Å². The van der Waals surface area contributed by atoms with Gasteiger partial charge in [0.2, 0.25) is 0 Å². The van der Waals surface area contributed by atoms with Crippen LogP contribution in [0.4, 0.5) is 32.0 Å². The van der Waals surface area contributed by atoms with Gasteiger partial charge in [0, 0.05) is 27.1 Å². The van der Waals surface area contributed by atoms with Gasteiger partial charge in [-0.1, -0.05) is 91.0 Å². The Balaban J connectivity index is 1.68. The fourth-order valence-electron chi connectivity index (χ4n) is 7.92. The van der Waals surface area contributed by atoms with Crippen LogP contribution in [0.25, 0.3) is 71.0 Å². The van der Waals surface area contributed by atoms with Crippen LogP contribution in [0, 0.1) is 34.3 Å². The van der Waals surface area contributed by atoms with Crippen LogP contribution < -0.4 is 0 Å². The summed E-state index contributed by atoms with van der Waals surface area (Å²) in [7, 11) is 0. The second kappa shape index (κ2) is 11.5. The predicted molar refractivity (Wildman–Crippen MR) is 196 cm³/mol. The second-order valence-corrected chi connectivity index (χ2v) is 13.2. The monoisotopic (exact) mass is 701 g/mol. The van der Waals surface area contributed by atoms with Crippen molar-refractivity contribution < 1.29 is 26.3 Å². The van der Waals surface area contributed by atoms with Gasteiger partial charge < -0.3 is 9.13 Å². The molecular weight excluding hydrogens is 672 g/mol. The van der Waals surface area contributed by atoms with Gasteiger partial charge in [0.05, 0.1) is 51.1 Å². The Morgan fingerprint density at radius 2 is 0.865 bits per heavy atom. The Kier molecular flexibility index (Phi) is 7.33. The van der Waals surface area contributed by atoms with Crippen molar-refractivity contribution in [2.45, 2.75) is 40.0 Å². The minimum atomic E-state index is -4.94. The van der Waals surface area contributed by atoms with Crippen LogP contribution in [0.2, 0.25) is 0 Å². The molecule has 0 aliphatic carbocycles. The summed E-state index contributed by atoms with van der Waals surface area (Å²) in [5.41, 5.74) is 1.42. The van der Waals surface area contributed by atoms with Crippen LogP contribution in [0.1, 0.15) is 33.4 Å². The van der Waals surface area contributed by atoms with E-state index < -0.39 is 29.0 Å². The molecule has 3 nitrogen and oxygen atoms in total. The number of aromatic nitrogens is 2. The Labute approximate surface area is 294 Å². The minimum absolute atomic E-state index is 0.115.